The Hall–Kier alpha value is -2.10. The number of nitrogens with zero attached hydrogens (tertiary/aromatic N) is 2. The van der Waals surface area contributed by atoms with Crippen LogP contribution in [0, 0.1) is 34.6 Å². The summed E-state index contributed by atoms with van der Waals surface area (Å²) in [5.74, 6) is 0.613. The molecule has 2 rings (SSSR count). The lowest BCUT2D eigenvalue weighted by atomic mass is 9.88. The Labute approximate surface area is 113 Å². The van der Waals surface area contributed by atoms with E-state index in [9.17, 15) is 0 Å². The quantitative estimate of drug-likeness (QED) is 0.822. The predicted octanol–water partition coefficient (Wildman–Crippen LogP) is 2.85. The van der Waals surface area contributed by atoms with E-state index in [1.807, 2.05) is 0 Å². The SMILES string of the molecule is Cc1c(C)c(C)c(-c2cc(N)nc(N)n2)c(C)c1C. The Kier molecular flexibility index (Phi) is 3.18. The zero-order chi connectivity index (χ0) is 14.3. The van der Waals surface area contributed by atoms with Gasteiger partial charge in [0.25, 0.3) is 0 Å². The summed E-state index contributed by atoms with van der Waals surface area (Å²) in [6.45, 7) is 10.6. The largest absolute Gasteiger partial charge is 0.384 e. The van der Waals surface area contributed by atoms with Crippen molar-refractivity contribution in [2.75, 3.05) is 11.5 Å². The van der Waals surface area contributed by atoms with Crippen LogP contribution < -0.4 is 11.5 Å². The van der Waals surface area contributed by atoms with Crippen LogP contribution in [0.4, 0.5) is 11.8 Å². The van der Waals surface area contributed by atoms with Crippen molar-refractivity contribution < 1.29 is 0 Å². The van der Waals surface area contributed by atoms with Gasteiger partial charge in [0, 0.05) is 11.6 Å². The highest BCUT2D eigenvalue weighted by Gasteiger charge is 2.15. The molecule has 0 bridgehead atoms. The molecule has 1 aromatic heterocycles. The zero-order valence-corrected chi connectivity index (χ0v) is 12.1. The molecule has 2 aromatic rings. The van der Waals surface area contributed by atoms with Gasteiger partial charge in [0.05, 0.1) is 5.69 Å². The molecule has 4 heteroatoms. The Morgan fingerprint density at radius 3 is 1.68 bits per heavy atom. The van der Waals surface area contributed by atoms with E-state index in [0.29, 0.717) is 5.82 Å². The lowest BCUT2D eigenvalue weighted by Crippen LogP contribution is -2.04. The van der Waals surface area contributed by atoms with Crippen molar-refractivity contribution in [3.05, 3.63) is 33.9 Å². The standard InChI is InChI=1S/C15H20N4/c1-7-8(2)10(4)14(11(5)9(7)3)12-6-13(16)19-15(17)18-12/h6H,1-5H3,(H4,16,17,18,19). The molecule has 0 saturated heterocycles. The molecule has 0 saturated carbocycles. The second kappa shape index (κ2) is 4.53. The minimum absolute atomic E-state index is 0.213. The summed E-state index contributed by atoms with van der Waals surface area (Å²) in [6, 6.07) is 1.78. The third-order valence-electron chi connectivity index (χ3n) is 4.02. The molecule has 0 radical (unpaired) electrons. The highest BCUT2D eigenvalue weighted by atomic mass is 15.0. The van der Waals surface area contributed by atoms with Crippen LogP contribution in [0.1, 0.15) is 27.8 Å². The smallest absolute Gasteiger partial charge is 0.222 e. The third kappa shape index (κ3) is 2.14. The van der Waals surface area contributed by atoms with Gasteiger partial charge in [0.2, 0.25) is 5.95 Å². The van der Waals surface area contributed by atoms with Crippen LogP contribution in [-0.2, 0) is 0 Å². The summed E-state index contributed by atoms with van der Waals surface area (Å²) in [7, 11) is 0. The fourth-order valence-electron chi connectivity index (χ4n) is 2.50. The van der Waals surface area contributed by atoms with E-state index in [1.165, 1.54) is 27.8 Å². The van der Waals surface area contributed by atoms with Gasteiger partial charge in [-0.05, 0) is 62.4 Å². The Morgan fingerprint density at radius 2 is 1.21 bits per heavy atom. The maximum Gasteiger partial charge on any atom is 0.222 e. The Bertz CT molecular complexity index is 610. The second-order valence-corrected chi connectivity index (χ2v) is 5.04. The first-order valence-corrected chi connectivity index (χ1v) is 6.30. The van der Waals surface area contributed by atoms with Crippen LogP contribution in [-0.4, -0.2) is 9.97 Å². The van der Waals surface area contributed by atoms with Crippen molar-refractivity contribution in [2.24, 2.45) is 0 Å². The van der Waals surface area contributed by atoms with Crippen LogP contribution >= 0.6 is 0 Å². The van der Waals surface area contributed by atoms with Crippen LogP contribution in [0.2, 0.25) is 0 Å². The minimum Gasteiger partial charge on any atom is -0.384 e. The molecule has 0 spiro atoms. The molecule has 0 aliphatic heterocycles. The molecule has 0 aliphatic rings. The van der Waals surface area contributed by atoms with E-state index in [-0.39, 0.29) is 5.95 Å². The molecule has 0 unspecified atom stereocenters. The van der Waals surface area contributed by atoms with E-state index >= 15 is 0 Å². The van der Waals surface area contributed by atoms with E-state index < -0.39 is 0 Å². The molecule has 4 nitrogen and oxygen atoms in total. The topological polar surface area (TPSA) is 77.8 Å². The highest BCUT2D eigenvalue weighted by molar-refractivity contribution is 5.73. The molecule has 1 aromatic carbocycles. The molecule has 100 valence electrons. The van der Waals surface area contributed by atoms with Gasteiger partial charge in [-0.25, -0.2) is 4.98 Å². The van der Waals surface area contributed by atoms with Crippen LogP contribution in [0.25, 0.3) is 11.3 Å². The summed E-state index contributed by atoms with van der Waals surface area (Å²) >= 11 is 0. The average molecular weight is 256 g/mol. The van der Waals surface area contributed by atoms with Crippen molar-refractivity contribution in [2.45, 2.75) is 34.6 Å². The normalized spacial score (nSPS) is 10.8. The van der Waals surface area contributed by atoms with Gasteiger partial charge in [0.1, 0.15) is 5.82 Å². The molecule has 0 aliphatic carbocycles. The number of hydrogen-bond acceptors (Lipinski definition) is 4. The number of nitrogen functional groups attached to an aromatic ring is 2. The third-order valence-corrected chi connectivity index (χ3v) is 4.02. The van der Waals surface area contributed by atoms with Crippen molar-refractivity contribution in [1.82, 2.24) is 9.97 Å². The van der Waals surface area contributed by atoms with Gasteiger partial charge >= 0.3 is 0 Å². The number of aromatic nitrogens is 2. The lowest BCUT2D eigenvalue weighted by Gasteiger charge is -2.18. The van der Waals surface area contributed by atoms with Gasteiger partial charge in [-0.3, -0.25) is 0 Å². The predicted molar refractivity (Wildman–Crippen MR) is 80.0 cm³/mol. The van der Waals surface area contributed by atoms with Crippen molar-refractivity contribution >= 4 is 11.8 Å². The van der Waals surface area contributed by atoms with Gasteiger partial charge in [-0.1, -0.05) is 0 Å². The Morgan fingerprint density at radius 1 is 0.737 bits per heavy atom. The summed E-state index contributed by atoms with van der Waals surface area (Å²) in [5.41, 5.74) is 19.7. The van der Waals surface area contributed by atoms with Gasteiger partial charge in [-0.15, -0.1) is 0 Å². The van der Waals surface area contributed by atoms with E-state index in [0.717, 1.165) is 11.3 Å². The first-order valence-electron chi connectivity index (χ1n) is 6.30. The summed E-state index contributed by atoms with van der Waals surface area (Å²) < 4.78 is 0. The molecule has 4 N–H and O–H groups in total. The molecule has 0 amide bonds. The number of anilines is 2. The van der Waals surface area contributed by atoms with Crippen molar-refractivity contribution in [3.63, 3.8) is 0 Å². The minimum atomic E-state index is 0.213. The Balaban J connectivity index is 2.82. The average Bonchev–Trinajstić information content (AvgIpc) is 2.33. The monoisotopic (exact) mass is 256 g/mol. The molecular weight excluding hydrogens is 236 g/mol. The van der Waals surface area contributed by atoms with Gasteiger partial charge in [-0.2, -0.15) is 4.98 Å². The maximum atomic E-state index is 5.77. The summed E-state index contributed by atoms with van der Waals surface area (Å²) in [4.78, 5) is 8.25. The highest BCUT2D eigenvalue weighted by Crippen LogP contribution is 2.33. The molecular formula is C15H20N4. The van der Waals surface area contributed by atoms with E-state index in [4.69, 9.17) is 11.5 Å². The number of benzene rings is 1. The number of nitrogens with two attached hydrogens (primary N) is 2. The lowest BCUT2D eigenvalue weighted by molar-refractivity contribution is 1.15. The summed E-state index contributed by atoms with van der Waals surface area (Å²) in [5, 5.41) is 0. The van der Waals surface area contributed by atoms with E-state index in [2.05, 4.69) is 44.6 Å². The van der Waals surface area contributed by atoms with Crippen LogP contribution in [0.15, 0.2) is 6.07 Å². The molecule has 0 fully saturated rings. The maximum absolute atomic E-state index is 5.77. The fraction of sp³-hybridized carbons (Fsp3) is 0.333. The molecule has 19 heavy (non-hydrogen) atoms. The van der Waals surface area contributed by atoms with Crippen LogP contribution in [0.5, 0.6) is 0 Å². The van der Waals surface area contributed by atoms with Crippen molar-refractivity contribution in [3.8, 4) is 11.3 Å². The van der Waals surface area contributed by atoms with Gasteiger partial charge in [0.15, 0.2) is 0 Å². The second-order valence-electron chi connectivity index (χ2n) is 5.04. The van der Waals surface area contributed by atoms with E-state index in [1.54, 1.807) is 6.07 Å². The number of rotatable bonds is 1. The fourth-order valence-corrected chi connectivity index (χ4v) is 2.50. The first kappa shape index (κ1) is 13.3. The van der Waals surface area contributed by atoms with Gasteiger partial charge < -0.3 is 11.5 Å². The number of hydrogen-bond donors (Lipinski definition) is 2. The molecule has 1 heterocycles. The molecule has 0 atom stereocenters. The first-order chi connectivity index (χ1) is 8.82. The van der Waals surface area contributed by atoms with Crippen molar-refractivity contribution in [1.29, 1.82) is 0 Å². The zero-order valence-electron chi connectivity index (χ0n) is 12.1. The summed E-state index contributed by atoms with van der Waals surface area (Å²) in [6.07, 6.45) is 0. The van der Waals surface area contributed by atoms with Crippen LogP contribution in [0.3, 0.4) is 0 Å².